The minimum atomic E-state index is -2.89. The van der Waals surface area contributed by atoms with Crippen LogP contribution in [0.5, 0.6) is 0 Å². The molecule has 0 fully saturated rings. The SMILES string of the molecule is CCS(=O)(=O)CCCC(NN)c1cnn(C)c1. The number of hydrazine groups is 1. The summed E-state index contributed by atoms with van der Waals surface area (Å²) >= 11 is 0. The van der Waals surface area contributed by atoms with Gasteiger partial charge in [0.2, 0.25) is 0 Å². The van der Waals surface area contributed by atoms with Gasteiger partial charge in [-0.25, -0.2) is 8.42 Å². The molecular formula is C10H20N4O2S. The molecule has 0 aliphatic heterocycles. The van der Waals surface area contributed by atoms with Gasteiger partial charge in [-0.2, -0.15) is 5.10 Å². The number of nitrogens with zero attached hydrogens (tertiary/aromatic N) is 2. The van der Waals surface area contributed by atoms with Crippen molar-refractivity contribution in [3.8, 4) is 0 Å². The predicted octanol–water partition coefficient (Wildman–Crippen LogP) is 0.139. The molecule has 0 saturated heterocycles. The maximum atomic E-state index is 11.3. The molecule has 1 heterocycles. The van der Waals surface area contributed by atoms with Crippen molar-refractivity contribution >= 4 is 9.84 Å². The first kappa shape index (κ1) is 14.1. The van der Waals surface area contributed by atoms with E-state index >= 15 is 0 Å². The first-order valence-electron chi connectivity index (χ1n) is 5.63. The van der Waals surface area contributed by atoms with Crippen LogP contribution in [0.2, 0.25) is 0 Å². The molecule has 17 heavy (non-hydrogen) atoms. The van der Waals surface area contributed by atoms with Gasteiger partial charge in [0.25, 0.3) is 0 Å². The Hall–Kier alpha value is -0.920. The number of hydrogen-bond donors (Lipinski definition) is 2. The van der Waals surface area contributed by atoms with Crippen LogP contribution in [0.25, 0.3) is 0 Å². The monoisotopic (exact) mass is 260 g/mol. The number of aromatic nitrogens is 2. The summed E-state index contributed by atoms with van der Waals surface area (Å²) in [5.41, 5.74) is 3.66. The van der Waals surface area contributed by atoms with E-state index in [9.17, 15) is 8.42 Å². The molecule has 1 unspecified atom stereocenters. The molecule has 98 valence electrons. The van der Waals surface area contributed by atoms with Crippen molar-refractivity contribution in [2.24, 2.45) is 12.9 Å². The Morgan fingerprint density at radius 1 is 1.59 bits per heavy atom. The molecule has 0 saturated carbocycles. The molecule has 0 amide bonds. The van der Waals surface area contributed by atoms with Crippen LogP contribution >= 0.6 is 0 Å². The van der Waals surface area contributed by atoms with Crippen LogP contribution in [-0.2, 0) is 16.9 Å². The Labute approximate surface area is 102 Å². The summed E-state index contributed by atoms with van der Waals surface area (Å²) < 4.78 is 24.4. The van der Waals surface area contributed by atoms with Crippen molar-refractivity contribution in [2.45, 2.75) is 25.8 Å². The second kappa shape index (κ2) is 6.13. The molecule has 1 aromatic heterocycles. The Morgan fingerprint density at radius 2 is 2.29 bits per heavy atom. The predicted molar refractivity (Wildman–Crippen MR) is 66.8 cm³/mol. The lowest BCUT2D eigenvalue weighted by atomic mass is 10.1. The molecular weight excluding hydrogens is 240 g/mol. The molecule has 3 N–H and O–H groups in total. The van der Waals surface area contributed by atoms with Crippen LogP contribution in [0, 0.1) is 0 Å². The number of rotatable bonds is 7. The summed E-state index contributed by atoms with van der Waals surface area (Å²) in [6.45, 7) is 1.66. The lowest BCUT2D eigenvalue weighted by Crippen LogP contribution is -2.28. The van der Waals surface area contributed by atoms with Gasteiger partial charge in [-0.3, -0.25) is 16.0 Å². The lowest BCUT2D eigenvalue weighted by Gasteiger charge is -2.13. The second-order valence-corrected chi connectivity index (χ2v) is 6.52. The quantitative estimate of drug-likeness (QED) is 0.537. The molecule has 1 atom stereocenters. The van der Waals surface area contributed by atoms with E-state index in [2.05, 4.69) is 10.5 Å². The van der Waals surface area contributed by atoms with Crippen molar-refractivity contribution in [3.05, 3.63) is 18.0 Å². The molecule has 0 aliphatic rings. The zero-order valence-electron chi connectivity index (χ0n) is 10.3. The minimum absolute atomic E-state index is 0.0456. The van der Waals surface area contributed by atoms with E-state index in [0.29, 0.717) is 12.8 Å². The van der Waals surface area contributed by atoms with Crippen molar-refractivity contribution in [1.29, 1.82) is 0 Å². The van der Waals surface area contributed by atoms with E-state index in [4.69, 9.17) is 5.84 Å². The Kier molecular flexibility index (Phi) is 5.10. The summed E-state index contributed by atoms with van der Waals surface area (Å²) in [6, 6.07) is -0.0456. The number of nitrogens with two attached hydrogens (primary N) is 1. The van der Waals surface area contributed by atoms with Crippen LogP contribution in [0.1, 0.15) is 31.4 Å². The highest BCUT2D eigenvalue weighted by Gasteiger charge is 2.13. The van der Waals surface area contributed by atoms with Crippen LogP contribution < -0.4 is 11.3 Å². The zero-order valence-corrected chi connectivity index (χ0v) is 11.1. The summed E-state index contributed by atoms with van der Waals surface area (Å²) in [7, 11) is -1.06. The zero-order chi connectivity index (χ0) is 12.9. The van der Waals surface area contributed by atoms with Crippen LogP contribution in [0.4, 0.5) is 0 Å². The van der Waals surface area contributed by atoms with Gasteiger partial charge >= 0.3 is 0 Å². The maximum absolute atomic E-state index is 11.3. The normalized spacial score (nSPS) is 13.8. The standard InChI is InChI=1S/C10H20N4O2S/c1-3-17(15,16)6-4-5-10(13-11)9-7-12-14(2)8-9/h7-8,10,13H,3-6,11H2,1-2H3. The topological polar surface area (TPSA) is 90.0 Å². The van der Waals surface area contributed by atoms with Crippen LogP contribution in [-0.4, -0.2) is 29.7 Å². The molecule has 1 rings (SSSR count). The number of hydrogen-bond acceptors (Lipinski definition) is 5. The highest BCUT2D eigenvalue weighted by atomic mass is 32.2. The third kappa shape index (κ3) is 4.45. The van der Waals surface area contributed by atoms with Gasteiger partial charge in [0, 0.05) is 30.6 Å². The van der Waals surface area contributed by atoms with E-state index in [1.54, 1.807) is 17.8 Å². The average molecular weight is 260 g/mol. The fourth-order valence-corrected chi connectivity index (χ4v) is 2.51. The highest BCUT2D eigenvalue weighted by Crippen LogP contribution is 2.17. The molecule has 0 aliphatic carbocycles. The summed E-state index contributed by atoms with van der Waals surface area (Å²) in [5.74, 6) is 5.87. The van der Waals surface area contributed by atoms with Gasteiger partial charge < -0.3 is 0 Å². The number of nitrogens with one attached hydrogen (secondary N) is 1. The van der Waals surface area contributed by atoms with Crippen molar-refractivity contribution < 1.29 is 8.42 Å². The molecule has 7 heteroatoms. The summed E-state index contributed by atoms with van der Waals surface area (Å²) in [6.07, 6.45) is 4.89. The van der Waals surface area contributed by atoms with Gasteiger partial charge in [-0.1, -0.05) is 6.92 Å². The van der Waals surface area contributed by atoms with E-state index in [1.165, 1.54) is 0 Å². The van der Waals surface area contributed by atoms with E-state index in [0.717, 1.165) is 5.56 Å². The smallest absolute Gasteiger partial charge is 0.150 e. The fraction of sp³-hybridized carbons (Fsp3) is 0.700. The largest absolute Gasteiger partial charge is 0.275 e. The third-order valence-corrected chi connectivity index (χ3v) is 4.51. The molecule has 0 bridgehead atoms. The van der Waals surface area contributed by atoms with Crippen molar-refractivity contribution in [3.63, 3.8) is 0 Å². The molecule has 0 spiro atoms. The maximum Gasteiger partial charge on any atom is 0.150 e. The van der Waals surface area contributed by atoms with E-state index in [-0.39, 0.29) is 17.5 Å². The molecule has 0 aromatic carbocycles. The third-order valence-electron chi connectivity index (χ3n) is 2.72. The van der Waals surface area contributed by atoms with Crippen LogP contribution in [0.15, 0.2) is 12.4 Å². The minimum Gasteiger partial charge on any atom is -0.275 e. The summed E-state index contributed by atoms with van der Waals surface area (Å²) in [4.78, 5) is 0. The van der Waals surface area contributed by atoms with E-state index in [1.807, 2.05) is 13.2 Å². The van der Waals surface area contributed by atoms with Gasteiger partial charge in [-0.15, -0.1) is 0 Å². The van der Waals surface area contributed by atoms with Gasteiger partial charge in [0.15, 0.2) is 0 Å². The Bertz CT molecular complexity index is 441. The first-order valence-corrected chi connectivity index (χ1v) is 7.45. The van der Waals surface area contributed by atoms with Crippen molar-refractivity contribution in [2.75, 3.05) is 11.5 Å². The summed E-state index contributed by atoms with van der Waals surface area (Å²) in [5, 5.41) is 4.06. The Balaban J connectivity index is 2.49. The average Bonchev–Trinajstić information content (AvgIpc) is 2.71. The molecule has 1 aromatic rings. The number of sulfone groups is 1. The van der Waals surface area contributed by atoms with Gasteiger partial charge in [0.05, 0.1) is 11.9 Å². The fourth-order valence-electron chi connectivity index (χ4n) is 1.62. The highest BCUT2D eigenvalue weighted by molar-refractivity contribution is 7.91. The van der Waals surface area contributed by atoms with E-state index < -0.39 is 9.84 Å². The number of aryl methyl sites for hydroxylation is 1. The van der Waals surface area contributed by atoms with Gasteiger partial charge in [-0.05, 0) is 12.8 Å². The lowest BCUT2D eigenvalue weighted by molar-refractivity contribution is 0.507. The first-order chi connectivity index (χ1) is 7.98. The Morgan fingerprint density at radius 3 is 2.76 bits per heavy atom. The molecule has 0 radical (unpaired) electrons. The van der Waals surface area contributed by atoms with Gasteiger partial charge in [0.1, 0.15) is 9.84 Å². The second-order valence-electron chi connectivity index (χ2n) is 4.05. The van der Waals surface area contributed by atoms with Crippen molar-refractivity contribution in [1.82, 2.24) is 15.2 Å². The molecule has 6 nitrogen and oxygen atoms in total. The van der Waals surface area contributed by atoms with Crippen LogP contribution in [0.3, 0.4) is 0 Å².